The average molecular weight is 455 g/mol. The third-order valence-corrected chi connectivity index (χ3v) is 5.05. The van der Waals surface area contributed by atoms with Gasteiger partial charge in [-0.3, -0.25) is 14.4 Å². The van der Waals surface area contributed by atoms with Gasteiger partial charge < -0.3 is 10.1 Å². The summed E-state index contributed by atoms with van der Waals surface area (Å²) in [6.45, 7) is 0. The highest BCUT2D eigenvalue weighted by Gasteiger charge is 2.27. The highest BCUT2D eigenvalue weighted by atomic mass is 16.5. The standard InChI is InChI=1S/C25H21N5O4/c1-34-18-11-7-8-16(14-18)15-26-29-25(33)22(27-23(31)17-9-3-2-4-10-17)21-19-12-5-6-13-20(19)24(32)30-28-21/h2-15,22H,1H3,(H,27,31)(H,29,33)(H,30,32). The zero-order valence-corrected chi connectivity index (χ0v) is 18.2. The molecule has 1 atom stereocenters. The predicted molar refractivity (Wildman–Crippen MR) is 128 cm³/mol. The Morgan fingerprint density at radius 1 is 1.00 bits per heavy atom. The van der Waals surface area contributed by atoms with Crippen LogP contribution in [-0.2, 0) is 4.79 Å². The molecule has 3 aromatic carbocycles. The molecule has 0 radical (unpaired) electrons. The number of aromatic nitrogens is 2. The normalized spacial score (nSPS) is 11.8. The Morgan fingerprint density at radius 3 is 2.50 bits per heavy atom. The molecule has 9 heteroatoms. The number of H-pyrrole nitrogens is 1. The molecule has 0 aliphatic rings. The number of rotatable bonds is 7. The Bertz CT molecular complexity index is 1420. The molecule has 4 aromatic rings. The van der Waals surface area contributed by atoms with Crippen molar-refractivity contribution in [1.82, 2.24) is 20.9 Å². The van der Waals surface area contributed by atoms with Crippen LogP contribution in [0.3, 0.4) is 0 Å². The zero-order valence-electron chi connectivity index (χ0n) is 18.2. The first-order chi connectivity index (χ1) is 16.6. The van der Waals surface area contributed by atoms with Crippen molar-refractivity contribution in [2.75, 3.05) is 7.11 Å². The lowest BCUT2D eigenvalue weighted by Crippen LogP contribution is -2.40. The van der Waals surface area contributed by atoms with E-state index in [-0.39, 0.29) is 5.69 Å². The van der Waals surface area contributed by atoms with E-state index in [1.807, 2.05) is 0 Å². The summed E-state index contributed by atoms with van der Waals surface area (Å²) in [7, 11) is 1.56. The molecule has 1 unspecified atom stereocenters. The number of methoxy groups -OCH3 is 1. The van der Waals surface area contributed by atoms with Crippen molar-refractivity contribution < 1.29 is 14.3 Å². The maximum Gasteiger partial charge on any atom is 0.272 e. The molecule has 1 heterocycles. The van der Waals surface area contributed by atoms with Crippen molar-refractivity contribution >= 4 is 28.8 Å². The largest absolute Gasteiger partial charge is 0.497 e. The lowest BCUT2D eigenvalue weighted by molar-refractivity contribution is -0.123. The number of aromatic amines is 1. The van der Waals surface area contributed by atoms with Gasteiger partial charge in [0.25, 0.3) is 17.4 Å². The Morgan fingerprint density at radius 2 is 1.74 bits per heavy atom. The Kier molecular flexibility index (Phi) is 6.73. The molecule has 9 nitrogen and oxygen atoms in total. The first kappa shape index (κ1) is 22.4. The van der Waals surface area contributed by atoms with Crippen molar-refractivity contribution in [1.29, 1.82) is 0 Å². The molecule has 0 saturated carbocycles. The molecule has 0 bridgehead atoms. The number of nitrogens with zero attached hydrogens (tertiary/aromatic N) is 2. The van der Waals surface area contributed by atoms with E-state index >= 15 is 0 Å². The summed E-state index contributed by atoms with van der Waals surface area (Å²) in [4.78, 5) is 38.2. The van der Waals surface area contributed by atoms with Crippen LogP contribution in [0.2, 0.25) is 0 Å². The van der Waals surface area contributed by atoms with Crippen LogP contribution >= 0.6 is 0 Å². The Labute approximate surface area is 194 Å². The molecule has 2 amide bonds. The number of ether oxygens (including phenoxy) is 1. The molecule has 0 aliphatic carbocycles. The summed E-state index contributed by atoms with van der Waals surface area (Å²) in [5, 5.41) is 14.0. The highest BCUT2D eigenvalue weighted by molar-refractivity contribution is 5.99. The van der Waals surface area contributed by atoms with Crippen LogP contribution in [0.25, 0.3) is 10.8 Å². The number of carbonyl (C=O) groups is 2. The monoisotopic (exact) mass is 455 g/mol. The van der Waals surface area contributed by atoms with E-state index in [4.69, 9.17) is 4.74 Å². The van der Waals surface area contributed by atoms with E-state index in [0.717, 1.165) is 0 Å². The molecule has 0 fully saturated rings. The number of hydrazone groups is 1. The Hall–Kier alpha value is -4.79. The van der Waals surface area contributed by atoms with Crippen molar-refractivity contribution in [3.63, 3.8) is 0 Å². The molecule has 1 aromatic heterocycles. The van der Waals surface area contributed by atoms with Crippen LogP contribution in [0.15, 0.2) is 88.8 Å². The number of benzene rings is 3. The first-order valence-corrected chi connectivity index (χ1v) is 10.4. The van der Waals surface area contributed by atoms with Gasteiger partial charge in [-0.1, -0.05) is 48.5 Å². The van der Waals surface area contributed by atoms with Crippen molar-refractivity contribution in [3.8, 4) is 5.75 Å². The maximum atomic E-state index is 13.2. The fourth-order valence-electron chi connectivity index (χ4n) is 3.37. The van der Waals surface area contributed by atoms with Gasteiger partial charge in [-0.05, 0) is 35.9 Å². The molecule has 4 rings (SSSR count). The van der Waals surface area contributed by atoms with Gasteiger partial charge >= 0.3 is 0 Å². The molecule has 0 aliphatic heterocycles. The second-order valence-electron chi connectivity index (χ2n) is 7.27. The van der Waals surface area contributed by atoms with E-state index in [9.17, 15) is 14.4 Å². The second-order valence-corrected chi connectivity index (χ2v) is 7.27. The van der Waals surface area contributed by atoms with E-state index < -0.39 is 23.4 Å². The topological polar surface area (TPSA) is 126 Å². The second kappa shape index (κ2) is 10.2. The van der Waals surface area contributed by atoms with Crippen LogP contribution in [0, 0.1) is 0 Å². The fourth-order valence-corrected chi connectivity index (χ4v) is 3.37. The van der Waals surface area contributed by atoms with Crippen LogP contribution < -0.4 is 21.0 Å². The number of carbonyl (C=O) groups excluding carboxylic acids is 2. The van der Waals surface area contributed by atoms with Gasteiger partial charge in [0.1, 0.15) is 11.4 Å². The van der Waals surface area contributed by atoms with E-state index in [0.29, 0.717) is 27.6 Å². The van der Waals surface area contributed by atoms with Crippen LogP contribution in [-0.4, -0.2) is 35.3 Å². The summed E-state index contributed by atoms with van der Waals surface area (Å²) in [6, 6.07) is 21.1. The molecular weight excluding hydrogens is 434 g/mol. The minimum absolute atomic E-state index is 0.188. The molecule has 0 saturated heterocycles. The highest BCUT2D eigenvalue weighted by Crippen LogP contribution is 2.20. The predicted octanol–water partition coefficient (Wildman–Crippen LogP) is 2.55. The Balaban J connectivity index is 1.66. The van der Waals surface area contributed by atoms with Gasteiger partial charge in [0.2, 0.25) is 0 Å². The van der Waals surface area contributed by atoms with Crippen molar-refractivity contribution in [2.45, 2.75) is 6.04 Å². The SMILES string of the molecule is COc1cccc(C=NNC(=O)C(NC(=O)c2ccccc2)c2n[nH]c(=O)c3ccccc23)c1. The van der Waals surface area contributed by atoms with E-state index in [1.54, 1.807) is 86.0 Å². The summed E-state index contributed by atoms with van der Waals surface area (Å²) in [5.41, 5.74) is 3.31. The molecule has 34 heavy (non-hydrogen) atoms. The number of amides is 2. The third-order valence-electron chi connectivity index (χ3n) is 5.05. The number of fused-ring (bicyclic) bond motifs is 1. The van der Waals surface area contributed by atoms with E-state index in [2.05, 4.69) is 26.0 Å². The average Bonchev–Trinajstić information content (AvgIpc) is 2.88. The fraction of sp³-hybridized carbons (Fsp3) is 0.0800. The van der Waals surface area contributed by atoms with Gasteiger partial charge in [-0.2, -0.15) is 10.2 Å². The van der Waals surface area contributed by atoms with Gasteiger partial charge in [-0.25, -0.2) is 10.5 Å². The van der Waals surface area contributed by atoms with E-state index in [1.165, 1.54) is 6.21 Å². The van der Waals surface area contributed by atoms with Crippen LogP contribution in [0.1, 0.15) is 27.7 Å². The summed E-state index contributed by atoms with van der Waals surface area (Å²) >= 11 is 0. The van der Waals surface area contributed by atoms with Crippen molar-refractivity contribution in [3.05, 3.63) is 106 Å². The molecular formula is C25H21N5O4. The molecule has 0 spiro atoms. The molecule has 170 valence electrons. The number of hydrogen-bond donors (Lipinski definition) is 3. The lowest BCUT2D eigenvalue weighted by atomic mass is 10.0. The third kappa shape index (κ3) is 4.99. The quantitative estimate of drug-likeness (QED) is 0.292. The zero-order chi connectivity index (χ0) is 23.9. The van der Waals surface area contributed by atoms with Gasteiger partial charge in [0.05, 0.1) is 18.7 Å². The van der Waals surface area contributed by atoms with Crippen molar-refractivity contribution in [2.24, 2.45) is 5.10 Å². The minimum Gasteiger partial charge on any atom is -0.497 e. The first-order valence-electron chi connectivity index (χ1n) is 10.4. The minimum atomic E-state index is -1.23. The van der Waals surface area contributed by atoms with Gasteiger partial charge in [0, 0.05) is 10.9 Å². The maximum absolute atomic E-state index is 13.2. The van der Waals surface area contributed by atoms with Gasteiger partial charge in [-0.15, -0.1) is 0 Å². The molecule has 3 N–H and O–H groups in total. The van der Waals surface area contributed by atoms with Gasteiger partial charge in [0.15, 0.2) is 6.04 Å². The number of nitrogens with one attached hydrogen (secondary N) is 3. The summed E-state index contributed by atoms with van der Waals surface area (Å²) in [6.07, 6.45) is 1.45. The van der Waals surface area contributed by atoms with Crippen LogP contribution in [0.4, 0.5) is 0 Å². The summed E-state index contributed by atoms with van der Waals surface area (Å²) in [5.74, 6) is -0.463. The van der Waals surface area contributed by atoms with Crippen LogP contribution in [0.5, 0.6) is 5.75 Å². The lowest BCUT2D eigenvalue weighted by Gasteiger charge is -2.18. The smallest absolute Gasteiger partial charge is 0.272 e. The number of hydrogen-bond acceptors (Lipinski definition) is 6. The summed E-state index contributed by atoms with van der Waals surface area (Å²) < 4.78 is 5.18.